The smallest absolute Gasteiger partial charge is 0.251 e. The normalized spacial score (nSPS) is 24.8. The van der Waals surface area contributed by atoms with Crippen LogP contribution in [0.1, 0.15) is 29.6 Å². The maximum absolute atomic E-state index is 12.3. The van der Waals surface area contributed by atoms with Crippen molar-refractivity contribution in [3.05, 3.63) is 29.8 Å². The number of nitrogens with two attached hydrogens (primary N) is 1. The number of carbonyl (C=O) groups is 1. The van der Waals surface area contributed by atoms with Gasteiger partial charge in [0.25, 0.3) is 5.91 Å². The van der Waals surface area contributed by atoms with Gasteiger partial charge in [-0.2, -0.15) is 0 Å². The Balaban J connectivity index is 1.99. The summed E-state index contributed by atoms with van der Waals surface area (Å²) in [4.78, 5) is 12.3. The van der Waals surface area contributed by atoms with Crippen molar-refractivity contribution in [1.29, 1.82) is 0 Å². The topological polar surface area (TPSA) is 93.8 Å². The molecular formula is C16H24N2O4. The maximum atomic E-state index is 12.3. The second-order valence-corrected chi connectivity index (χ2v) is 5.44. The van der Waals surface area contributed by atoms with E-state index in [1.54, 1.807) is 31.4 Å². The van der Waals surface area contributed by atoms with Crippen LogP contribution in [0.4, 0.5) is 0 Å². The average Bonchev–Trinajstić information content (AvgIpc) is 2.55. The molecule has 4 N–H and O–H groups in total. The molecule has 0 spiro atoms. The molecule has 0 unspecified atom stereocenters. The fourth-order valence-electron chi connectivity index (χ4n) is 2.71. The Morgan fingerprint density at radius 2 is 2.27 bits per heavy atom. The predicted molar refractivity (Wildman–Crippen MR) is 82.9 cm³/mol. The second kappa shape index (κ2) is 8.12. The highest BCUT2D eigenvalue weighted by Gasteiger charge is 2.32. The zero-order chi connectivity index (χ0) is 15.9. The van der Waals surface area contributed by atoms with Crippen molar-refractivity contribution < 1.29 is 19.4 Å². The Kier molecular flexibility index (Phi) is 6.18. The number of aliphatic hydroxyl groups excluding tert-OH is 1. The van der Waals surface area contributed by atoms with Crippen molar-refractivity contribution in [2.75, 3.05) is 20.3 Å². The van der Waals surface area contributed by atoms with Crippen molar-refractivity contribution in [2.24, 2.45) is 5.73 Å². The quantitative estimate of drug-likeness (QED) is 0.718. The number of benzene rings is 1. The highest BCUT2D eigenvalue weighted by atomic mass is 16.5. The molecule has 0 heterocycles. The molecule has 0 bridgehead atoms. The van der Waals surface area contributed by atoms with E-state index in [9.17, 15) is 9.90 Å². The summed E-state index contributed by atoms with van der Waals surface area (Å²) >= 11 is 0. The molecule has 122 valence electrons. The van der Waals surface area contributed by atoms with Crippen LogP contribution >= 0.6 is 0 Å². The summed E-state index contributed by atoms with van der Waals surface area (Å²) in [5.41, 5.74) is 5.90. The third-order valence-electron chi connectivity index (χ3n) is 3.90. The lowest BCUT2D eigenvalue weighted by Gasteiger charge is -2.34. The molecular weight excluding hydrogens is 284 g/mol. The van der Waals surface area contributed by atoms with Crippen molar-refractivity contribution in [1.82, 2.24) is 5.32 Å². The van der Waals surface area contributed by atoms with Crippen LogP contribution in [0.5, 0.6) is 5.75 Å². The number of nitrogens with one attached hydrogen (secondary N) is 1. The zero-order valence-corrected chi connectivity index (χ0v) is 12.8. The number of methoxy groups -OCH3 is 1. The number of ether oxygens (including phenoxy) is 2. The van der Waals surface area contributed by atoms with Crippen LogP contribution < -0.4 is 15.8 Å². The van der Waals surface area contributed by atoms with Crippen LogP contribution in [-0.4, -0.2) is 49.5 Å². The molecule has 3 atom stereocenters. The Morgan fingerprint density at radius 1 is 1.45 bits per heavy atom. The lowest BCUT2D eigenvalue weighted by molar-refractivity contribution is -0.0513. The molecule has 1 aromatic carbocycles. The van der Waals surface area contributed by atoms with Crippen LogP contribution in [-0.2, 0) is 4.74 Å². The third kappa shape index (κ3) is 4.19. The van der Waals surface area contributed by atoms with Crippen molar-refractivity contribution in [2.45, 2.75) is 37.5 Å². The third-order valence-corrected chi connectivity index (χ3v) is 3.90. The van der Waals surface area contributed by atoms with Crippen molar-refractivity contribution >= 4 is 5.91 Å². The monoisotopic (exact) mass is 308 g/mol. The minimum absolute atomic E-state index is 0.223. The molecule has 1 amide bonds. The Morgan fingerprint density at radius 3 is 3.00 bits per heavy atom. The number of amides is 1. The Bertz CT molecular complexity index is 495. The van der Waals surface area contributed by atoms with Gasteiger partial charge in [0.2, 0.25) is 0 Å². The van der Waals surface area contributed by atoms with E-state index < -0.39 is 6.10 Å². The second-order valence-electron chi connectivity index (χ2n) is 5.44. The van der Waals surface area contributed by atoms with E-state index in [4.69, 9.17) is 15.2 Å². The van der Waals surface area contributed by atoms with Crippen LogP contribution in [0, 0.1) is 0 Å². The standard InChI is InChI=1S/C16H24N2O4/c1-21-14-7-3-6-13(15(14)19)18-16(20)11-4-2-5-12(10-11)22-9-8-17/h2,4-5,10,13-15,19H,3,6-9,17H2,1H3,(H,18,20)/t13-,14-,15-/m1/s1. The van der Waals surface area contributed by atoms with Crippen molar-refractivity contribution in [3.8, 4) is 5.75 Å². The Hall–Kier alpha value is -1.63. The molecule has 0 aliphatic heterocycles. The molecule has 1 saturated carbocycles. The first-order chi connectivity index (χ1) is 10.7. The van der Waals surface area contributed by atoms with Crippen LogP contribution in [0.3, 0.4) is 0 Å². The van der Waals surface area contributed by atoms with Crippen LogP contribution in [0.2, 0.25) is 0 Å². The fraction of sp³-hybridized carbons (Fsp3) is 0.562. The summed E-state index contributed by atoms with van der Waals surface area (Å²) in [5.74, 6) is 0.385. The van der Waals surface area contributed by atoms with Gasteiger partial charge in [-0.3, -0.25) is 4.79 Å². The molecule has 0 saturated heterocycles. The van der Waals surface area contributed by atoms with Crippen LogP contribution in [0.15, 0.2) is 24.3 Å². The van der Waals surface area contributed by atoms with E-state index in [1.165, 1.54) is 0 Å². The largest absolute Gasteiger partial charge is 0.492 e. The van der Waals surface area contributed by atoms with Gasteiger partial charge in [-0.05, 0) is 37.5 Å². The fourth-order valence-corrected chi connectivity index (χ4v) is 2.71. The van der Waals surface area contributed by atoms with Gasteiger partial charge in [-0.1, -0.05) is 6.07 Å². The summed E-state index contributed by atoms with van der Waals surface area (Å²) in [6.45, 7) is 0.824. The molecule has 1 aromatic rings. The first-order valence-corrected chi connectivity index (χ1v) is 7.60. The summed E-state index contributed by atoms with van der Waals surface area (Å²) < 4.78 is 10.7. The molecule has 1 fully saturated rings. The van der Waals surface area contributed by atoms with Gasteiger partial charge >= 0.3 is 0 Å². The summed E-state index contributed by atoms with van der Waals surface area (Å²) in [5, 5.41) is 13.1. The molecule has 0 radical (unpaired) electrons. The predicted octanol–water partition coefficient (Wildman–Crippen LogP) is 0.682. The number of hydrogen-bond acceptors (Lipinski definition) is 5. The zero-order valence-electron chi connectivity index (χ0n) is 12.8. The van der Waals surface area contributed by atoms with Crippen LogP contribution in [0.25, 0.3) is 0 Å². The highest BCUT2D eigenvalue weighted by Crippen LogP contribution is 2.22. The van der Waals surface area contributed by atoms with E-state index in [2.05, 4.69) is 5.32 Å². The molecule has 6 nitrogen and oxygen atoms in total. The molecule has 1 aliphatic rings. The molecule has 6 heteroatoms. The highest BCUT2D eigenvalue weighted by molar-refractivity contribution is 5.94. The summed E-state index contributed by atoms with van der Waals surface area (Å²) in [6.07, 6.45) is 1.57. The van der Waals surface area contributed by atoms with Gasteiger partial charge in [0.15, 0.2) is 0 Å². The molecule has 0 aromatic heterocycles. The maximum Gasteiger partial charge on any atom is 0.251 e. The van der Waals surface area contributed by atoms with E-state index in [0.717, 1.165) is 19.3 Å². The number of rotatable bonds is 6. The summed E-state index contributed by atoms with van der Waals surface area (Å²) in [6, 6.07) is 6.64. The lowest BCUT2D eigenvalue weighted by Crippen LogP contribution is -2.51. The van der Waals surface area contributed by atoms with Gasteiger partial charge in [0, 0.05) is 19.2 Å². The molecule has 22 heavy (non-hydrogen) atoms. The minimum Gasteiger partial charge on any atom is -0.492 e. The average molecular weight is 308 g/mol. The van der Waals surface area contributed by atoms with E-state index in [-0.39, 0.29) is 18.1 Å². The summed E-state index contributed by atoms with van der Waals surface area (Å²) in [7, 11) is 1.58. The first kappa shape index (κ1) is 16.7. The van der Waals surface area contributed by atoms with Gasteiger partial charge in [0.1, 0.15) is 18.5 Å². The van der Waals surface area contributed by atoms with Gasteiger partial charge in [-0.25, -0.2) is 0 Å². The van der Waals surface area contributed by atoms with E-state index in [1.807, 2.05) is 0 Å². The molecule has 1 aliphatic carbocycles. The van der Waals surface area contributed by atoms with Gasteiger partial charge in [-0.15, -0.1) is 0 Å². The van der Waals surface area contributed by atoms with E-state index in [0.29, 0.717) is 24.5 Å². The van der Waals surface area contributed by atoms with Crippen molar-refractivity contribution in [3.63, 3.8) is 0 Å². The Labute approximate surface area is 130 Å². The minimum atomic E-state index is -0.681. The molecule has 2 rings (SSSR count). The lowest BCUT2D eigenvalue weighted by atomic mass is 9.89. The van der Waals surface area contributed by atoms with Gasteiger partial charge < -0.3 is 25.6 Å². The first-order valence-electron chi connectivity index (χ1n) is 7.60. The number of aliphatic hydroxyl groups is 1. The number of carbonyl (C=O) groups excluding carboxylic acids is 1. The van der Waals surface area contributed by atoms with Gasteiger partial charge in [0.05, 0.1) is 12.1 Å². The SMILES string of the molecule is CO[C@@H]1CCC[C@@H](NC(=O)c2cccc(OCCN)c2)[C@H]1O. The van der Waals surface area contributed by atoms with E-state index >= 15 is 0 Å². The number of hydrogen-bond donors (Lipinski definition) is 3.